The Morgan fingerprint density at radius 3 is 2.18 bits per heavy atom. The van der Waals surface area contributed by atoms with Crippen molar-refractivity contribution < 1.29 is 4.74 Å². The third-order valence-electron chi connectivity index (χ3n) is 4.06. The van der Waals surface area contributed by atoms with E-state index in [0.29, 0.717) is 23.2 Å². The molecule has 0 aromatic heterocycles. The molecule has 22 heavy (non-hydrogen) atoms. The van der Waals surface area contributed by atoms with Gasteiger partial charge in [-0.1, -0.05) is 55.8 Å². The summed E-state index contributed by atoms with van der Waals surface area (Å²) in [7, 11) is 1.62. The molecule has 2 nitrogen and oxygen atoms in total. The van der Waals surface area contributed by atoms with Crippen molar-refractivity contribution in [3.05, 3.63) is 64.2 Å². The predicted octanol–water partition coefficient (Wildman–Crippen LogP) is 4.76. The minimum absolute atomic E-state index is 0.258. The first-order valence-corrected chi connectivity index (χ1v) is 8.05. The maximum atomic E-state index is 6.22. The summed E-state index contributed by atoms with van der Waals surface area (Å²) in [6, 6.07) is 14.7. The molecule has 0 bridgehead atoms. The summed E-state index contributed by atoms with van der Waals surface area (Å²) in [6.45, 7) is 5.00. The van der Waals surface area contributed by atoms with Crippen LogP contribution in [0.4, 0.5) is 0 Å². The first-order chi connectivity index (χ1) is 10.5. The van der Waals surface area contributed by atoms with Crippen molar-refractivity contribution in [2.75, 3.05) is 13.7 Å². The van der Waals surface area contributed by atoms with Crippen LogP contribution in [0.15, 0.2) is 42.5 Å². The molecule has 3 heteroatoms. The molecular weight excluding hydrogens is 294 g/mol. The van der Waals surface area contributed by atoms with Crippen molar-refractivity contribution in [2.45, 2.75) is 32.1 Å². The van der Waals surface area contributed by atoms with Crippen molar-refractivity contribution in [1.29, 1.82) is 0 Å². The van der Waals surface area contributed by atoms with Gasteiger partial charge in [0.25, 0.3) is 0 Å². The number of rotatable bonds is 6. The fourth-order valence-corrected chi connectivity index (χ4v) is 2.86. The first kappa shape index (κ1) is 16.9. The lowest BCUT2D eigenvalue weighted by molar-refractivity contribution is 0.414. The normalized spacial score (nSPS) is 12.5. The second-order valence-corrected chi connectivity index (χ2v) is 6.33. The van der Waals surface area contributed by atoms with E-state index in [1.807, 2.05) is 18.2 Å². The van der Waals surface area contributed by atoms with E-state index in [1.54, 1.807) is 7.11 Å². The van der Waals surface area contributed by atoms with E-state index in [-0.39, 0.29) is 5.92 Å². The zero-order valence-corrected chi connectivity index (χ0v) is 14.2. The number of benzene rings is 2. The molecule has 2 N–H and O–H groups in total. The Morgan fingerprint density at radius 2 is 1.68 bits per heavy atom. The number of nitrogens with two attached hydrogens (primary N) is 1. The van der Waals surface area contributed by atoms with Gasteiger partial charge in [0, 0.05) is 5.92 Å². The highest BCUT2D eigenvalue weighted by Gasteiger charge is 2.13. The summed E-state index contributed by atoms with van der Waals surface area (Å²) in [6.07, 6.45) is 0.914. The van der Waals surface area contributed by atoms with Crippen molar-refractivity contribution in [3.8, 4) is 5.75 Å². The maximum absolute atomic E-state index is 6.22. The summed E-state index contributed by atoms with van der Waals surface area (Å²) >= 11 is 6.22. The minimum Gasteiger partial charge on any atom is -0.495 e. The molecule has 2 rings (SSSR count). The summed E-state index contributed by atoms with van der Waals surface area (Å²) in [5, 5.41) is 0.633. The zero-order valence-electron chi connectivity index (χ0n) is 13.5. The van der Waals surface area contributed by atoms with Gasteiger partial charge in [0.1, 0.15) is 5.75 Å². The first-order valence-electron chi connectivity index (χ1n) is 7.67. The Balaban J connectivity index is 2.16. The maximum Gasteiger partial charge on any atom is 0.137 e. The lowest BCUT2D eigenvalue weighted by Crippen LogP contribution is -2.15. The van der Waals surface area contributed by atoms with Crippen LogP contribution in [0.1, 0.15) is 42.4 Å². The third-order valence-corrected chi connectivity index (χ3v) is 4.36. The summed E-state index contributed by atoms with van der Waals surface area (Å²) in [4.78, 5) is 0. The molecule has 1 atom stereocenters. The Labute approximate surface area is 138 Å². The quantitative estimate of drug-likeness (QED) is 0.834. The standard InChI is InChI=1S/C19H24ClNO/c1-13(2)15-6-4-14(5-7-15)10-17(12-21)16-8-9-19(22-3)18(20)11-16/h4-9,11,13,17H,10,12,21H2,1-3H3. The highest BCUT2D eigenvalue weighted by Crippen LogP contribution is 2.29. The molecule has 0 saturated carbocycles. The van der Waals surface area contributed by atoms with Crippen LogP contribution in [0.2, 0.25) is 5.02 Å². The molecular formula is C19H24ClNO. The lowest BCUT2D eigenvalue weighted by Gasteiger charge is -2.17. The summed E-state index contributed by atoms with van der Waals surface area (Å²) in [5.41, 5.74) is 9.79. The van der Waals surface area contributed by atoms with Crippen molar-refractivity contribution in [2.24, 2.45) is 5.73 Å². The largest absolute Gasteiger partial charge is 0.495 e. The van der Waals surface area contributed by atoms with Crippen LogP contribution < -0.4 is 10.5 Å². The van der Waals surface area contributed by atoms with Gasteiger partial charge in [0.2, 0.25) is 0 Å². The third kappa shape index (κ3) is 4.02. The van der Waals surface area contributed by atoms with E-state index in [9.17, 15) is 0 Å². The molecule has 0 radical (unpaired) electrons. The van der Waals surface area contributed by atoms with Gasteiger partial charge in [-0.25, -0.2) is 0 Å². The minimum atomic E-state index is 0.258. The van der Waals surface area contributed by atoms with Gasteiger partial charge in [0.15, 0.2) is 0 Å². The fourth-order valence-electron chi connectivity index (χ4n) is 2.60. The lowest BCUT2D eigenvalue weighted by atomic mass is 9.91. The van der Waals surface area contributed by atoms with Gasteiger partial charge in [-0.2, -0.15) is 0 Å². The number of halogens is 1. The molecule has 0 fully saturated rings. The van der Waals surface area contributed by atoms with E-state index >= 15 is 0 Å². The van der Waals surface area contributed by atoms with Crippen molar-refractivity contribution >= 4 is 11.6 Å². The molecule has 118 valence electrons. The second-order valence-electron chi connectivity index (χ2n) is 5.93. The number of hydrogen-bond donors (Lipinski definition) is 1. The summed E-state index contributed by atoms with van der Waals surface area (Å²) in [5.74, 6) is 1.51. The smallest absolute Gasteiger partial charge is 0.137 e. The van der Waals surface area contributed by atoms with E-state index in [0.717, 1.165) is 12.0 Å². The SMILES string of the molecule is COc1ccc(C(CN)Cc2ccc(C(C)C)cc2)cc1Cl. The molecule has 0 aliphatic carbocycles. The van der Waals surface area contributed by atoms with Crippen molar-refractivity contribution in [3.63, 3.8) is 0 Å². The molecule has 2 aromatic rings. The van der Waals surface area contributed by atoms with Gasteiger partial charge in [0.05, 0.1) is 12.1 Å². The molecule has 2 aromatic carbocycles. The topological polar surface area (TPSA) is 35.2 Å². The highest BCUT2D eigenvalue weighted by molar-refractivity contribution is 6.32. The van der Waals surface area contributed by atoms with E-state index < -0.39 is 0 Å². The van der Waals surface area contributed by atoms with Gasteiger partial charge in [-0.05, 0) is 47.7 Å². The average molecular weight is 318 g/mol. The highest BCUT2D eigenvalue weighted by atomic mass is 35.5. The molecule has 0 aliphatic rings. The molecule has 1 unspecified atom stereocenters. The predicted molar refractivity (Wildman–Crippen MR) is 94.0 cm³/mol. The number of hydrogen-bond acceptors (Lipinski definition) is 2. The zero-order chi connectivity index (χ0) is 16.1. The van der Waals surface area contributed by atoms with Crippen molar-refractivity contribution in [1.82, 2.24) is 0 Å². The molecule has 0 heterocycles. The van der Waals surface area contributed by atoms with E-state index in [2.05, 4.69) is 38.1 Å². The van der Waals surface area contributed by atoms with E-state index in [1.165, 1.54) is 11.1 Å². The van der Waals surface area contributed by atoms with Crippen LogP contribution in [-0.4, -0.2) is 13.7 Å². The number of methoxy groups -OCH3 is 1. The Hall–Kier alpha value is -1.51. The van der Waals surface area contributed by atoms with Crippen LogP contribution >= 0.6 is 11.6 Å². The Bertz CT molecular complexity index is 607. The second kappa shape index (κ2) is 7.66. The molecule has 0 saturated heterocycles. The monoisotopic (exact) mass is 317 g/mol. The van der Waals surface area contributed by atoms with E-state index in [4.69, 9.17) is 22.1 Å². The van der Waals surface area contributed by atoms with Crippen LogP contribution in [-0.2, 0) is 6.42 Å². The number of ether oxygens (including phenoxy) is 1. The molecule has 0 amide bonds. The van der Waals surface area contributed by atoms with Gasteiger partial charge >= 0.3 is 0 Å². The molecule has 0 spiro atoms. The Kier molecular flexibility index (Phi) is 5.87. The van der Waals surface area contributed by atoms with Gasteiger partial charge in [-0.15, -0.1) is 0 Å². The summed E-state index contributed by atoms with van der Waals surface area (Å²) < 4.78 is 5.20. The van der Waals surface area contributed by atoms with Gasteiger partial charge in [-0.3, -0.25) is 0 Å². The van der Waals surface area contributed by atoms with Crippen LogP contribution in [0.25, 0.3) is 0 Å². The Morgan fingerprint density at radius 1 is 1.05 bits per heavy atom. The van der Waals surface area contributed by atoms with Gasteiger partial charge < -0.3 is 10.5 Å². The van der Waals surface area contributed by atoms with Crippen LogP contribution in [0.5, 0.6) is 5.75 Å². The van der Waals surface area contributed by atoms with Crippen LogP contribution in [0.3, 0.4) is 0 Å². The average Bonchev–Trinajstić information content (AvgIpc) is 2.53. The molecule has 0 aliphatic heterocycles. The fraction of sp³-hybridized carbons (Fsp3) is 0.368. The van der Waals surface area contributed by atoms with Crippen LogP contribution in [0, 0.1) is 0 Å².